The number of hydrogen-bond acceptors (Lipinski definition) is 5. The molecule has 0 aromatic heterocycles. The van der Waals surface area contributed by atoms with E-state index in [1.54, 1.807) is 4.90 Å². The van der Waals surface area contributed by atoms with Crippen LogP contribution in [-0.2, 0) is 14.3 Å². The molecule has 142 valence electrons. The molecule has 1 rings (SSSR count). The van der Waals surface area contributed by atoms with Crippen LogP contribution in [0.25, 0.3) is 0 Å². The van der Waals surface area contributed by atoms with E-state index in [1.165, 1.54) is 0 Å². The topological polar surface area (TPSA) is 87.9 Å². The van der Waals surface area contributed by atoms with Gasteiger partial charge in [-0.15, -0.1) is 12.4 Å². The van der Waals surface area contributed by atoms with Crippen LogP contribution in [-0.4, -0.2) is 86.8 Å². The minimum Gasteiger partial charge on any atom is -0.372 e. The number of carbonyl (C=O) groups excluding carboxylic acids is 2. The highest BCUT2D eigenvalue weighted by Crippen LogP contribution is 2.14. The predicted octanol–water partition coefficient (Wildman–Crippen LogP) is -0.404. The summed E-state index contributed by atoms with van der Waals surface area (Å²) >= 11 is 0. The number of nitrogens with one attached hydrogen (secondary N) is 1. The lowest BCUT2D eigenvalue weighted by Gasteiger charge is -2.34. The lowest BCUT2D eigenvalue weighted by molar-refractivity contribution is -0.174. The van der Waals surface area contributed by atoms with Gasteiger partial charge in [0, 0.05) is 39.3 Å². The number of ether oxygens (including phenoxy) is 1. The summed E-state index contributed by atoms with van der Waals surface area (Å²) in [7, 11) is 0. The molecule has 1 aliphatic rings. The van der Waals surface area contributed by atoms with Crippen molar-refractivity contribution in [3.8, 4) is 0 Å². The molecule has 1 fully saturated rings. The largest absolute Gasteiger partial charge is 0.411 e. The lowest BCUT2D eigenvalue weighted by atomic mass is 10.3. The van der Waals surface area contributed by atoms with E-state index in [9.17, 15) is 22.8 Å². The summed E-state index contributed by atoms with van der Waals surface area (Å²) in [5.41, 5.74) is 5.13. The molecule has 3 N–H and O–H groups in total. The Balaban J connectivity index is 0.00000529. The van der Waals surface area contributed by atoms with Crippen LogP contribution in [0.2, 0.25) is 0 Å². The number of carbonyl (C=O) groups is 2. The molecule has 0 unspecified atom stereocenters. The average Bonchev–Trinajstić information content (AvgIpc) is 2.51. The van der Waals surface area contributed by atoms with Gasteiger partial charge in [0.25, 0.3) is 0 Å². The van der Waals surface area contributed by atoms with E-state index >= 15 is 0 Å². The molecule has 0 aromatic rings. The number of hydrogen-bond donors (Lipinski definition) is 2. The van der Waals surface area contributed by atoms with Crippen LogP contribution < -0.4 is 11.1 Å². The number of alkyl halides is 3. The van der Waals surface area contributed by atoms with E-state index in [4.69, 9.17) is 5.73 Å². The van der Waals surface area contributed by atoms with E-state index < -0.39 is 12.8 Å². The summed E-state index contributed by atoms with van der Waals surface area (Å²) in [6, 6.07) is 0. The Hall–Kier alpha value is -1.10. The van der Waals surface area contributed by atoms with Gasteiger partial charge in [-0.3, -0.25) is 14.5 Å². The molecule has 11 heteroatoms. The van der Waals surface area contributed by atoms with Gasteiger partial charge in [-0.1, -0.05) is 0 Å². The van der Waals surface area contributed by atoms with Crippen molar-refractivity contribution in [1.82, 2.24) is 15.1 Å². The zero-order chi connectivity index (χ0) is 17.3. The summed E-state index contributed by atoms with van der Waals surface area (Å²) in [5.74, 6) is -0.546. The van der Waals surface area contributed by atoms with Crippen molar-refractivity contribution < 1.29 is 27.5 Å². The number of amides is 2. The molecule has 0 saturated carbocycles. The smallest absolute Gasteiger partial charge is 0.372 e. The second-order valence-electron chi connectivity index (χ2n) is 5.22. The van der Waals surface area contributed by atoms with Crippen molar-refractivity contribution in [2.45, 2.75) is 12.6 Å². The van der Waals surface area contributed by atoms with Crippen molar-refractivity contribution in [1.29, 1.82) is 0 Å². The van der Waals surface area contributed by atoms with Crippen LogP contribution in [0, 0.1) is 0 Å². The third kappa shape index (κ3) is 9.91. The Labute approximate surface area is 145 Å². The number of nitrogens with zero attached hydrogens (tertiary/aromatic N) is 2. The third-order valence-electron chi connectivity index (χ3n) is 3.38. The highest BCUT2D eigenvalue weighted by atomic mass is 35.5. The van der Waals surface area contributed by atoms with Gasteiger partial charge in [0.2, 0.25) is 11.8 Å². The molecular formula is C13H24ClF3N4O3. The molecule has 0 atom stereocenters. The molecule has 1 heterocycles. The average molecular weight is 377 g/mol. The van der Waals surface area contributed by atoms with Crippen LogP contribution >= 0.6 is 12.4 Å². The second kappa shape index (κ2) is 11.5. The van der Waals surface area contributed by atoms with E-state index in [0.29, 0.717) is 39.1 Å². The zero-order valence-electron chi connectivity index (χ0n) is 13.3. The van der Waals surface area contributed by atoms with Gasteiger partial charge >= 0.3 is 6.18 Å². The van der Waals surface area contributed by atoms with Crippen LogP contribution in [0.5, 0.6) is 0 Å². The fourth-order valence-corrected chi connectivity index (χ4v) is 2.16. The van der Waals surface area contributed by atoms with E-state index in [2.05, 4.69) is 15.0 Å². The Kier molecular flexibility index (Phi) is 10.9. The van der Waals surface area contributed by atoms with Crippen molar-refractivity contribution in [2.75, 3.05) is 59.0 Å². The van der Waals surface area contributed by atoms with Crippen LogP contribution in [0.3, 0.4) is 0 Å². The normalized spacial score (nSPS) is 15.8. The quantitative estimate of drug-likeness (QED) is 0.563. The monoisotopic (exact) mass is 376 g/mol. The van der Waals surface area contributed by atoms with E-state index in [1.807, 2.05) is 0 Å². The number of halogens is 4. The molecule has 0 bridgehead atoms. The molecule has 7 nitrogen and oxygen atoms in total. The van der Waals surface area contributed by atoms with Gasteiger partial charge in [0.05, 0.1) is 13.1 Å². The summed E-state index contributed by atoms with van der Waals surface area (Å²) in [5, 5.41) is 2.42. The molecule has 0 aliphatic carbocycles. The van der Waals surface area contributed by atoms with Gasteiger partial charge in [0.15, 0.2) is 0 Å². The Morgan fingerprint density at radius 3 is 2.33 bits per heavy atom. The molecular weight excluding hydrogens is 353 g/mol. The minimum atomic E-state index is -4.29. The van der Waals surface area contributed by atoms with Gasteiger partial charge in [-0.25, -0.2) is 0 Å². The maximum Gasteiger partial charge on any atom is 0.411 e. The van der Waals surface area contributed by atoms with E-state index in [-0.39, 0.29) is 43.9 Å². The summed E-state index contributed by atoms with van der Waals surface area (Å²) in [6.07, 6.45) is -3.78. The number of rotatable bonds is 8. The minimum absolute atomic E-state index is 0. The van der Waals surface area contributed by atoms with Gasteiger partial charge in [-0.05, 0) is 6.42 Å². The van der Waals surface area contributed by atoms with Gasteiger partial charge in [0.1, 0.15) is 6.61 Å². The van der Waals surface area contributed by atoms with Crippen molar-refractivity contribution >= 4 is 24.2 Å². The lowest BCUT2D eigenvalue weighted by Crippen LogP contribution is -2.51. The number of nitrogens with two attached hydrogens (primary N) is 1. The maximum atomic E-state index is 11.9. The first kappa shape index (κ1) is 22.9. The van der Waals surface area contributed by atoms with Crippen LogP contribution in [0.4, 0.5) is 13.2 Å². The molecule has 1 aliphatic heterocycles. The summed E-state index contributed by atoms with van der Waals surface area (Å²) in [4.78, 5) is 26.5. The standard InChI is InChI=1S/C13H23F3N4O3.ClH/c14-13(15,16)10-23-7-1-2-19-3-5-20(6-4-19)12(22)9-18-11(21)8-17;/h1-10,17H2,(H,18,21);1H. The van der Waals surface area contributed by atoms with Crippen molar-refractivity contribution in [3.63, 3.8) is 0 Å². The first-order valence-corrected chi connectivity index (χ1v) is 7.43. The van der Waals surface area contributed by atoms with Gasteiger partial charge < -0.3 is 20.7 Å². The first-order chi connectivity index (χ1) is 10.8. The molecule has 0 radical (unpaired) electrons. The fraction of sp³-hybridized carbons (Fsp3) is 0.846. The molecule has 0 spiro atoms. The first-order valence-electron chi connectivity index (χ1n) is 7.43. The summed E-state index contributed by atoms with van der Waals surface area (Å²) in [6.45, 7) is 1.60. The molecule has 2 amide bonds. The SMILES string of the molecule is Cl.NCC(=O)NCC(=O)N1CCN(CCCOCC(F)(F)F)CC1. The highest BCUT2D eigenvalue weighted by molar-refractivity contribution is 5.85. The fourth-order valence-electron chi connectivity index (χ4n) is 2.16. The third-order valence-corrected chi connectivity index (χ3v) is 3.38. The van der Waals surface area contributed by atoms with Crippen molar-refractivity contribution in [3.05, 3.63) is 0 Å². The molecule has 0 aromatic carbocycles. The summed E-state index contributed by atoms with van der Waals surface area (Å²) < 4.78 is 40.2. The second-order valence-corrected chi connectivity index (χ2v) is 5.22. The predicted molar refractivity (Wildman–Crippen MR) is 83.8 cm³/mol. The molecule has 24 heavy (non-hydrogen) atoms. The molecule has 1 saturated heterocycles. The zero-order valence-corrected chi connectivity index (χ0v) is 14.1. The Morgan fingerprint density at radius 2 is 1.79 bits per heavy atom. The highest BCUT2D eigenvalue weighted by Gasteiger charge is 2.27. The Bertz CT molecular complexity index is 391. The van der Waals surface area contributed by atoms with Crippen LogP contribution in [0.1, 0.15) is 6.42 Å². The van der Waals surface area contributed by atoms with Crippen molar-refractivity contribution in [2.24, 2.45) is 5.73 Å². The van der Waals surface area contributed by atoms with E-state index in [0.717, 1.165) is 0 Å². The van der Waals surface area contributed by atoms with Crippen LogP contribution in [0.15, 0.2) is 0 Å². The van der Waals surface area contributed by atoms with Gasteiger partial charge in [-0.2, -0.15) is 13.2 Å². The maximum absolute atomic E-state index is 11.9. The Morgan fingerprint density at radius 1 is 1.17 bits per heavy atom. The number of piperazine rings is 1.